The number of morpholine rings is 1. The first-order valence-corrected chi connectivity index (χ1v) is 12.4. The molecule has 1 fully saturated rings. The first-order chi connectivity index (χ1) is 14.7. The lowest BCUT2D eigenvalue weighted by molar-refractivity contribution is 0.0228. The Morgan fingerprint density at radius 1 is 1.16 bits per heavy atom. The van der Waals surface area contributed by atoms with E-state index in [1.54, 1.807) is 18.2 Å². The Morgan fingerprint density at radius 3 is 2.48 bits per heavy atom. The molecule has 0 saturated carbocycles. The number of ether oxygens (including phenoxy) is 1. The van der Waals surface area contributed by atoms with E-state index in [0.29, 0.717) is 31.0 Å². The highest BCUT2D eigenvalue weighted by atomic mass is 32.2. The highest BCUT2D eigenvalue weighted by molar-refractivity contribution is 7.92. The van der Waals surface area contributed by atoms with Crippen molar-refractivity contribution in [2.75, 3.05) is 43.8 Å². The predicted octanol–water partition coefficient (Wildman–Crippen LogP) is 2.73. The normalized spacial score (nSPS) is 16.0. The van der Waals surface area contributed by atoms with Gasteiger partial charge in [-0.2, -0.15) is 0 Å². The minimum absolute atomic E-state index is 0.0292. The highest BCUT2D eigenvalue weighted by Crippen LogP contribution is 2.21. The van der Waals surface area contributed by atoms with Crippen molar-refractivity contribution < 1.29 is 17.9 Å². The lowest BCUT2D eigenvalue weighted by Gasteiger charge is -2.35. The minimum Gasteiger partial charge on any atom is -0.379 e. The number of anilines is 1. The van der Waals surface area contributed by atoms with E-state index in [4.69, 9.17) is 4.74 Å². The van der Waals surface area contributed by atoms with Gasteiger partial charge in [0.2, 0.25) is 10.0 Å². The second-order valence-corrected chi connectivity index (χ2v) is 9.83. The number of amides is 1. The number of nitrogens with zero attached hydrogens (tertiary/aromatic N) is 2. The van der Waals surface area contributed by atoms with Gasteiger partial charge in [0.15, 0.2) is 0 Å². The van der Waals surface area contributed by atoms with Crippen molar-refractivity contribution in [3.63, 3.8) is 0 Å². The predicted molar refractivity (Wildman–Crippen MR) is 123 cm³/mol. The molecule has 0 radical (unpaired) electrons. The van der Waals surface area contributed by atoms with Crippen LogP contribution in [0.2, 0.25) is 0 Å². The Morgan fingerprint density at radius 2 is 1.84 bits per heavy atom. The van der Waals surface area contributed by atoms with Crippen LogP contribution >= 0.6 is 0 Å². The van der Waals surface area contributed by atoms with Crippen molar-refractivity contribution in [3.8, 4) is 0 Å². The number of benzene rings is 2. The van der Waals surface area contributed by atoms with Crippen molar-refractivity contribution in [2.45, 2.75) is 26.4 Å². The molecule has 1 N–H and O–H groups in total. The molecule has 0 aliphatic carbocycles. The van der Waals surface area contributed by atoms with Crippen LogP contribution in [-0.2, 0) is 21.3 Å². The lowest BCUT2D eigenvalue weighted by atomic mass is 10.1. The van der Waals surface area contributed by atoms with Crippen molar-refractivity contribution >= 4 is 21.6 Å². The summed E-state index contributed by atoms with van der Waals surface area (Å²) in [6.45, 7) is 8.21. The van der Waals surface area contributed by atoms with Crippen molar-refractivity contribution in [1.82, 2.24) is 9.80 Å². The molecule has 0 aromatic heterocycles. The van der Waals surface area contributed by atoms with E-state index < -0.39 is 10.0 Å². The van der Waals surface area contributed by atoms with E-state index in [-0.39, 0.29) is 11.9 Å². The molecule has 1 amide bonds. The first-order valence-electron chi connectivity index (χ1n) is 10.5. The van der Waals surface area contributed by atoms with Crippen molar-refractivity contribution in [3.05, 3.63) is 65.2 Å². The summed E-state index contributed by atoms with van der Waals surface area (Å²) < 4.78 is 31.4. The zero-order valence-electron chi connectivity index (χ0n) is 18.4. The van der Waals surface area contributed by atoms with Crippen LogP contribution in [-0.4, -0.2) is 69.3 Å². The van der Waals surface area contributed by atoms with Gasteiger partial charge >= 0.3 is 0 Å². The molecule has 168 valence electrons. The van der Waals surface area contributed by atoms with Gasteiger partial charge in [-0.05, 0) is 37.1 Å². The molecule has 1 heterocycles. The molecular weight excluding hydrogens is 414 g/mol. The van der Waals surface area contributed by atoms with Crippen LogP contribution in [0.5, 0.6) is 0 Å². The number of rotatable bonds is 8. The number of carbonyl (C=O) groups excluding carboxylic acids is 1. The average molecular weight is 446 g/mol. The van der Waals surface area contributed by atoms with Crippen LogP contribution in [0.25, 0.3) is 0 Å². The van der Waals surface area contributed by atoms with Gasteiger partial charge in [-0.15, -0.1) is 0 Å². The van der Waals surface area contributed by atoms with Gasteiger partial charge in [0.05, 0.1) is 25.2 Å². The average Bonchev–Trinajstić information content (AvgIpc) is 2.73. The molecule has 7 nitrogen and oxygen atoms in total. The third-order valence-corrected chi connectivity index (χ3v) is 5.99. The smallest absolute Gasteiger partial charge is 0.254 e. The number of carbonyl (C=O) groups is 1. The minimum atomic E-state index is -3.44. The molecule has 0 spiro atoms. The maximum absolute atomic E-state index is 13.6. The number of hydrogen-bond acceptors (Lipinski definition) is 5. The number of sulfonamides is 1. The molecule has 1 aliphatic heterocycles. The van der Waals surface area contributed by atoms with Crippen LogP contribution in [0.1, 0.15) is 28.4 Å². The van der Waals surface area contributed by atoms with Crippen LogP contribution in [0.3, 0.4) is 0 Å². The van der Waals surface area contributed by atoms with Gasteiger partial charge in [0.1, 0.15) is 0 Å². The van der Waals surface area contributed by atoms with Crippen LogP contribution in [0.4, 0.5) is 5.69 Å². The van der Waals surface area contributed by atoms with Gasteiger partial charge in [0.25, 0.3) is 5.91 Å². The molecule has 2 aromatic rings. The van der Waals surface area contributed by atoms with Gasteiger partial charge < -0.3 is 9.64 Å². The van der Waals surface area contributed by atoms with E-state index in [9.17, 15) is 13.2 Å². The van der Waals surface area contributed by atoms with Crippen LogP contribution in [0.15, 0.2) is 48.5 Å². The summed E-state index contributed by atoms with van der Waals surface area (Å²) in [5.41, 5.74) is 2.69. The van der Waals surface area contributed by atoms with E-state index in [2.05, 4.69) is 16.5 Å². The fourth-order valence-corrected chi connectivity index (χ4v) is 4.31. The fraction of sp³-hybridized carbons (Fsp3) is 0.435. The largest absolute Gasteiger partial charge is 0.379 e. The third kappa shape index (κ3) is 6.78. The summed E-state index contributed by atoms with van der Waals surface area (Å²) in [4.78, 5) is 17.7. The van der Waals surface area contributed by atoms with Gasteiger partial charge in [0, 0.05) is 37.8 Å². The summed E-state index contributed by atoms with van der Waals surface area (Å²) in [5.74, 6) is -0.124. The summed E-state index contributed by atoms with van der Waals surface area (Å²) in [5, 5.41) is 0. The monoisotopic (exact) mass is 445 g/mol. The van der Waals surface area contributed by atoms with E-state index in [1.807, 2.05) is 42.2 Å². The van der Waals surface area contributed by atoms with E-state index in [1.165, 1.54) is 0 Å². The topological polar surface area (TPSA) is 79.0 Å². The summed E-state index contributed by atoms with van der Waals surface area (Å²) in [6.07, 6.45) is 1.10. The summed E-state index contributed by atoms with van der Waals surface area (Å²) in [6, 6.07) is 15.0. The van der Waals surface area contributed by atoms with Crippen LogP contribution < -0.4 is 4.72 Å². The fourth-order valence-electron chi connectivity index (χ4n) is 3.69. The highest BCUT2D eigenvalue weighted by Gasteiger charge is 2.25. The molecule has 2 aromatic carbocycles. The van der Waals surface area contributed by atoms with Crippen molar-refractivity contribution in [2.24, 2.45) is 0 Å². The maximum atomic E-state index is 13.6. The Labute approximate surface area is 185 Å². The second kappa shape index (κ2) is 10.3. The molecular formula is C23H31N3O4S. The van der Waals surface area contributed by atoms with E-state index in [0.717, 1.165) is 37.0 Å². The molecule has 1 atom stereocenters. The molecule has 1 aliphatic rings. The third-order valence-electron chi connectivity index (χ3n) is 5.39. The Balaban J connectivity index is 1.86. The first kappa shape index (κ1) is 23.2. The maximum Gasteiger partial charge on any atom is 0.254 e. The molecule has 31 heavy (non-hydrogen) atoms. The molecule has 1 unspecified atom stereocenters. The molecule has 0 bridgehead atoms. The Kier molecular flexibility index (Phi) is 7.69. The molecule has 8 heteroatoms. The summed E-state index contributed by atoms with van der Waals surface area (Å²) in [7, 11) is -3.44. The van der Waals surface area contributed by atoms with Crippen LogP contribution in [0, 0.1) is 6.92 Å². The van der Waals surface area contributed by atoms with E-state index >= 15 is 0 Å². The van der Waals surface area contributed by atoms with Gasteiger partial charge in [-0.1, -0.05) is 36.4 Å². The quantitative estimate of drug-likeness (QED) is 0.676. The lowest BCUT2D eigenvalue weighted by Crippen LogP contribution is -2.48. The molecule has 3 rings (SSSR count). The van der Waals surface area contributed by atoms with Gasteiger partial charge in [-0.25, -0.2) is 8.42 Å². The zero-order chi connectivity index (χ0) is 22.4. The number of nitrogens with one attached hydrogen (secondary N) is 1. The Hall–Kier alpha value is -2.42. The van der Waals surface area contributed by atoms with Gasteiger partial charge in [-0.3, -0.25) is 14.4 Å². The standard InChI is InChI=1S/C23H31N3O4S/c1-18-9-10-21(15-22(18)24-31(3,28)29)23(27)26(17-20-7-5-4-6-8-20)19(2)16-25-11-13-30-14-12-25/h4-10,15,19,24H,11-14,16-17H2,1-3H3. The SMILES string of the molecule is Cc1ccc(C(=O)N(Cc2ccccc2)C(C)CN2CCOCC2)cc1NS(C)(=O)=O. The Bertz CT molecular complexity index is 989. The number of aryl methyl sites for hydroxylation is 1. The zero-order valence-corrected chi connectivity index (χ0v) is 19.2. The number of hydrogen-bond donors (Lipinski definition) is 1. The molecule has 1 saturated heterocycles. The second-order valence-electron chi connectivity index (χ2n) is 8.08. The summed E-state index contributed by atoms with van der Waals surface area (Å²) >= 11 is 0. The van der Waals surface area contributed by atoms with Crippen molar-refractivity contribution in [1.29, 1.82) is 0 Å².